The molecule has 166 valence electrons. The molecule has 1 fully saturated rings. The number of benzene rings is 1. The molecule has 1 aliphatic heterocycles. The Morgan fingerprint density at radius 3 is 2.69 bits per heavy atom. The van der Waals surface area contributed by atoms with E-state index in [-0.39, 0.29) is 17.3 Å². The van der Waals surface area contributed by atoms with Crippen molar-refractivity contribution in [3.05, 3.63) is 57.7 Å². The Morgan fingerprint density at radius 1 is 1.12 bits per heavy atom. The van der Waals surface area contributed by atoms with Gasteiger partial charge in [0.25, 0.3) is 5.56 Å². The molecule has 8 nitrogen and oxygen atoms in total. The summed E-state index contributed by atoms with van der Waals surface area (Å²) in [7, 11) is 1.69. The SMILES string of the molecule is Cn1c(=O)c2sccc2n2c(CCCC(=O)N3CCN(c4ccccc4F)CC3)nnc12. The van der Waals surface area contributed by atoms with Gasteiger partial charge in [-0.3, -0.25) is 18.6 Å². The predicted octanol–water partition coefficient (Wildman–Crippen LogP) is 2.45. The minimum atomic E-state index is -0.231. The Hall–Kier alpha value is -3.27. The molecule has 10 heteroatoms. The van der Waals surface area contributed by atoms with Crippen LogP contribution in [0.15, 0.2) is 40.5 Å². The molecule has 1 amide bonds. The molecule has 32 heavy (non-hydrogen) atoms. The quantitative estimate of drug-likeness (QED) is 0.463. The molecule has 0 atom stereocenters. The number of nitrogens with zero attached hydrogens (tertiary/aromatic N) is 6. The second kappa shape index (κ2) is 8.34. The highest BCUT2D eigenvalue weighted by atomic mass is 32.1. The van der Waals surface area contributed by atoms with Crippen molar-refractivity contribution in [1.82, 2.24) is 24.1 Å². The predicted molar refractivity (Wildman–Crippen MR) is 122 cm³/mol. The van der Waals surface area contributed by atoms with Gasteiger partial charge in [0.1, 0.15) is 16.3 Å². The molecule has 1 aromatic carbocycles. The lowest BCUT2D eigenvalue weighted by Crippen LogP contribution is -2.49. The number of anilines is 1. The van der Waals surface area contributed by atoms with E-state index in [4.69, 9.17) is 0 Å². The first-order valence-electron chi connectivity index (χ1n) is 10.6. The molecule has 1 saturated heterocycles. The minimum absolute atomic E-state index is 0.0776. The number of aryl methyl sites for hydroxylation is 2. The summed E-state index contributed by atoms with van der Waals surface area (Å²) in [6.45, 7) is 2.40. The van der Waals surface area contributed by atoms with E-state index in [9.17, 15) is 14.0 Å². The monoisotopic (exact) mass is 454 g/mol. The average Bonchev–Trinajstić information content (AvgIpc) is 3.45. The van der Waals surface area contributed by atoms with Gasteiger partial charge in [0.15, 0.2) is 0 Å². The highest BCUT2D eigenvalue weighted by molar-refractivity contribution is 7.17. The zero-order chi connectivity index (χ0) is 22.2. The summed E-state index contributed by atoms with van der Waals surface area (Å²) in [6.07, 6.45) is 1.64. The number of hydrogen-bond acceptors (Lipinski definition) is 6. The van der Waals surface area contributed by atoms with Crippen LogP contribution in [0.25, 0.3) is 16.0 Å². The molecule has 0 bridgehead atoms. The normalized spacial score (nSPS) is 14.6. The molecule has 0 aliphatic carbocycles. The van der Waals surface area contributed by atoms with Gasteiger partial charge in [-0.05, 0) is 30.0 Å². The van der Waals surface area contributed by atoms with Gasteiger partial charge in [0.2, 0.25) is 11.7 Å². The number of halogens is 1. The summed E-state index contributed by atoms with van der Waals surface area (Å²) in [5.74, 6) is 1.12. The summed E-state index contributed by atoms with van der Waals surface area (Å²) in [4.78, 5) is 29.0. The van der Waals surface area contributed by atoms with Crippen molar-refractivity contribution in [3.8, 4) is 0 Å². The van der Waals surface area contributed by atoms with Gasteiger partial charge < -0.3 is 9.80 Å². The lowest BCUT2D eigenvalue weighted by Gasteiger charge is -2.36. The molecule has 5 rings (SSSR count). The first-order valence-corrected chi connectivity index (χ1v) is 11.5. The van der Waals surface area contributed by atoms with E-state index in [2.05, 4.69) is 10.2 Å². The first kappa shape index (κ1) is 20.6. The summed E-state index contributed by atoms with van der Waals surface area (Å²) < 4.78 is 18.1. The summed E-state index contributed by atoms with van der Waals surface area (Å²) >= 11 is 1.40. The lowest BCUT2D eigenvalue weighted by molar-refractivity contribution is -0.131. The van der Waals surface area contributed by atoms with Crippen molar-refractivity contribution in [3.63, 3.8) is 0 Å². The largest absolute Gasteiger partial charge is 0.366 e. The van der Waals surface area contributed by atoms with Crippen LogP contribution in [0, 0.1) is 5.82 Å². The second-order valence-corrected chi connectivity index (χ2v) is 8.84. The third-order valence-corrected chi connectivity index (χ3v) is 6.91. The Kier molecular flexibility index (Phi) is 5.38. The number of para-hydroxylation sites is 1. The number of aromatic nitrogens is 4. The van der Waals surface area contributed by atoms with Gasteiger partial charge in [-0.2, -0.15) is 0 Å². The van der Waals surface area contributed by atoms with Crippen LogP contribution in [-0.2, 0) is 18.3 Å². The first-order chi connectivity index (χ1) is 15.5. The van der Waals surface area contributed by atoms with Crippen LogP contribution in [0.3, 0.4) is 0 Å². The molecular weight excluding hydrogens is 431 g/mol. The van der Waals surface area contributed by atoms with E-state index in [1.54, 1.807) is 19.2 Å². The molecule has 0 spiro atoms. The number of carbonyl (C=O) groups is 1. The van der Waals surface area contributed by atoms with Crippen molar-refractivity contribution in [2.24, 2.45) is 7.05 Å². The van der Waals surface area contributed by atoms with Crippen molar-refractivity contribution in [2.75, 3.05) is 31.1 Å². The topological polar surface area (TPSA) is 75.7 Å². The Bertz CT molecular complexity index is 1350. The summed E-state index contributed by atoms with van der Waals surface area (Å²) in [5.41, 5.74) is 1.32. The fourth-order valence-electron chi connectivity index (χ4n) is 4.28. The van der Waals surface area contributed by atoms with Gasteiger partial charge in [-0.25, -0.2) is 4.39 Å². The van der Waals surface area contributed by atoms with E-state index in [0.29, 0.717) is 61.6 Å². The maximum atomic E-state index is 14.0. The fraction of sp³-hybridized carbons (Fsp3) is 0.364. The number of rotatable bonds is 5. The number of thiophene rings is 1. The van der Waals surface area contributed by atoms with Gasteiger partial charge >= 0.3 is 0 Å². The number of hydrogen-bond donors (Lipinski definition) is 0. The lowest BCUT2D eigenvalue weighted by atomic mass is 10.2. The minimum Gasteiger partial charge on any atom is -0.366 e. The van der Waals surface area contributed by atoms with Crippen molar-refractivity contribution < 1.29 is 9.18 Å². The van der Waals surface area contributed by atoms with E-state index < -0.39 is 0 Å². The third-order valence-electron chi connectivity index (χ3n) is 6.01. The van der Waals surface area contributed by atoms with Gasteiger partial charge in [0, 0.05) is 46.1 Å². The summed E-state index contributed by atoms with van der Waals surface area (Å²) in [5, 5.41) is 10.4. The standard InChI is InChI=1S/C22H23FN6O2S/c1-26-21(31)20-17(9-14-32-20)29-18(24-25-22(26)29)7-4-8-19(30)28-12-10-27(11-13-28)16-6-3-2-5-15(16)23/h2-3,5-6,9,14H,4,7-8,10-13H2,1H3. The molecule has 0 radical (unpaired) electrons. The number of fused-ring (bicyclic) bond motifs is 3. The van der Waals surface area contributed by atoms with Crippen LogP contribution in [0.4, 0.5) is 10.1 Å². The van der Waals surface area contributed by atoms with Crippen LogP contribution in [0.2, 0.25) is 0 Å². The third kappa shape index (κ3) is 3.54. The van der Waals surface area contributed by atoms with Crippen LogP contribution in [0.5, 0.6) is 0 Å². The molecule has 0 saturated carbocycles. The maximum Gasteiger partial charge on any atom is 0.272 e. The molecular formula is C22H23FN6O2S. The second-order valence-electron chi connectivity index (χ2n) is 7.92. The van der Waals surface area contributed by atoms with Gasteiger partial charge in [-0.1, -0.05) is 12.1 Å². The van der Waals surface area contributed by atoms with Crippen molar-refractivity contribution in [2.45, 2.75) is 19.3 Å². The Morgan fingerprint density at radius 2 is 1.91 bits per heavy atom. The Balaban J connectivity index is 1.21. The van der Waals surface area contributed by atoms with Gasteiger partial charge in [0.05, 0.1) is 11.2 Å². The van der Waals surface area contributed by atoms with Crippen molar-refractivity contribution >= 4 is 38.9 Å². The molecule has 4 heterocycles. The zero-order valence-corrected chi connectivity index (χ0v) is 18.5. The number of carbonyl (C=O) groups excluding carboxylic acids is 1. The van der Waals surface area contributed by atoms with E-state index in [0.717, 1.165) is 11.3 Å². The van der Waals surface area contributed by atoms with Crippen LogP contribution in [0.1, 0.15) is 18.7 Å². The van der Waals surface area contributed by atoms with E-state index in [1.165, 1.54) is 22.0 Å². The number of piperazine rings is 1. The molecule has 4 aromatic rings. The Labute approximate surface area is 187 Å². The fourth-order valence-corrected chi connectivity index (χ4v) is 5.13. The van der Waals surface area contributed by atoms with Crippen LogP contribution < -0.4 is 10.5 Å². The van der Waals surface area contributed by atoms with Crippen molar-refractivity contribution in [1.29, 1.82) is 0 Å². The smallest absolute Gasteiger partial charge is 0.272 e. The zero-order valence-electron chi connectivity index (χ0n) is 17.7. The van der Waals surface area contributed by atoms with Crippen LogP contribution in [-0.4, -0.2) is 56.2 Å². The molecule has 1 aliphatic rings. The van der Waals surface area contributed by atoms with E-state index in [1.807, 2.05) is 31.7 Å². The highest BCUT2D eigenvalue weighted by Crippen LogP contribution is 2.22. The average molecular weight is 455 g/mol. The molecule has 3 aromatic heterocycles. The summed E-state index contributed by atoms with van der Waals surface area (Å²) in [6, 6.07) is 8.65. The molecule has 0 N–H and O–H groups in total. The maximum absolute atomic E-state index is 14.0. The highest BCUT2D eigenvalue weighted by Gasteiger charge is 2.23. The van der Waals surface area contributed by atoms with E-state index >= 15 is 0 Å². The van der Waals surface area contributed by atoms with Crippen LogP contribution >= 0.6 is 11.3 Å². The number of amides is 1. The molecule has 0 unspecified atom stereocenters. The van der Waals surface area contributed by atoms with Gasteiger partial charge in [-0.15, -0.1) is 21.5 Å².